The number of hydrogen-bond acceptors (Lipinski definition) is 4. The Hall–Kier alpha value is -1.27. The molecule has 0 radical (unpaired) electrons. The molecule has 0 bridgehead atoms. The molecule has 0 spiro atoms. The fourth-order valence-electron chi connectivity index (χ4n) is 1.21. The summed E-state index contributed by atoms with van der Waals surface area (Å²) in [6.07, 6.45) is 0. The molecule has 0 saturated heterocycles. The van der Waals surface area contributed by atoms with Crippen molar-refractivity contribution in [3.63, 3.8) is 0 Å². The van der Waals surface area contributed by atoms with Crippen molar-refractivity contribution in [2.45, 2.75) is 5.16 Å². The van der Waals surface area contributed by atoms with Crippen LogP contribution in [0.1, 0.15) is 0 Å². The van der Waals surface area contributed by atoms with E-state index in [4.69, 9.17) is 15.4 Å². The lowest BCUT2D eigenvalue weighted by molar-refractivity contribution is 0.415. The van der Waals surface area contributed by atoms with E-state index in [0.29, 0.717) is 16.8 Å². The number of H-pyrrole nitrogens is 1. The zero-order chi connectivity index (χ0) is 11.1. The summed E-state index contributed by atoms with van der Waals surface area (Å²) < 4.78 is 27.0. The normalized spacial score (nSPS) is 11.9. The van der Waals surface area contributed by atoms with Gasteiger partial charge in [0.05, 0.1) is 18.1 Å². The van der Waals surface area contributed by atoms with Crippen molar-refractivity contribution in [3.05, 3.63) is 18.2 Å². The van der Waals surface area contributed by atoms with Crippen LogP contribution in [-0.4, -0.2) is 25.5 Å². The number of ether oxygens (including phenoxy) is 1. The molecule has 5 nitrogen and oxygen atoms in total. The molecule has 2 rings (SSSR count). The molecule has 1 aromatic carbocycles. The predicted molar refractivity (Wildman–Crippen MR) is 55.7 cm³/mol. The molecule has 0 aliphatic carbocycles. The van der Waals surface area contributed by atoms with Crippen molar-refractivity contribution >= 4 is 30.8 Å². The van der Waals surface area contributed by atoms with E-state index in [1.165, 1.54) is 7.11 Å². The molecule has 0 saturated carbocycles. The van der Waals surface area contributed by atoms with Crippen LogP contribution < -0.4 is 4.74 Å². The minimum atomic E-state index is -3.82. The van der Waals surface area contributed by atoms with Gasteiger partial charge in [0.2, 0.25) is 5.16 Å². The van der Waals surface area contributed by atoms with Crippen molar-refractivity contribution in [2.75, 3.05) is 7.11 Å². The van der Waals surface area contributed by atoms with Crippen LogP contribution in [0.3, 0.4) is 0 Å². The van der Waals surface area contributed by atoms with Gasteiger partial charge >= 0.3 is 0 Å². The average molecular weight is 247 g/mol. The molecule has 0 atom stereocenters. The van der Waals surface area contributed by atoms with E-state index in [0.717, 1.165) is 0 Å². The highest BCUT2D eigenvalue weighted by Crippen LogP contribution is 2.21. The van der Waals surface area contributed by atoms with Crippen LogP contribution in [0.4, 0.5) is 0 Å². The summed E-state index contributed by atoms with van der Waals surface area (Å²) in [5, 5.41) is -0.257. The first kappa shape index (κ1) is 10.3. The molecule has 0 fully saturated rings. The smallest absolute Gasteiger partial charge is 0.294 e. The second-order valence-electron chi connectivity index (χ2n) is 2.86. The first-order chi connectivity index (χ1) is 7.00. The average Bonchev–Trinajstić information content (AvgIpc) is 2.59. The van der Waals surface area contributed by atoms with E-state index < -0.39 is 9.05 Å². The van der Waals surface area contributed by atoms with Gasteiger partial charge in [-0.15, -0.1) is 0 Å². The number of hydrogen-bond donors (Lipinski definition) is 1. The SMILES string of the molecule is COc1ccc2nc(S(=O)(=O)Cl)[nH]c2c1. The van der Waals surface area contributed by atoms with Gasteiger partial charge in [0, 0.05) is 16.7 Å². The highest BCUT2D eigenvalue weighted by Gasteiger charge is 2.15. The first-order valence-electron chi connectivity index (χ1n) is 3.99. The van der Waals surface area contributed by atoms with Gasteiger partial charge in [0.15, 0.2) is 0 Å². The Morgan fingerprint density at radius 3 is 2.80 bits per heavy atom. The molecule has 1 N–H and O–H groups in total. The Morgan fingerprint density at radius 1 is 1.47 bits per heavy atom. The van der Waals surface area contributed by atoms with E-state index in [-0.39, 0.29) is 5.16 Å². The maximum atomic E-state index is 11.0. The molecule has 0 amide bonds. The number of benzene rings is 1. The maximum absolute atomic E-state index is 11.0. The van der Waals surface area contributed by atoms with E-state index in [1.807, 2.05) is 0 Å². The topological polar surface area (TPSA) is 72.0 Å². The standard InChI is InChI=1S/C8H7ClN2O3S/c1-14-5-2-3-6-7(4-5)11-8(10-6)15(9,12)13/h2-4H,1H3,(H,10,11). The van der Waals surface area contributed by atoms with Crippen molar-refractivity contribution in [3.8, 4) is 5.75 Å². The lowest BCUT2D eigenvalue weighted by Crippen LogP contribution is -1.92. The summed E-state index contributed by atoms with van der Waals surface area (Å²) in [7, 11) is 2.86. The van der Waals surface area contributed by atoms with Crippen molar-refractivity contribution in [2.24, 2.45) is 0 Å². The molecule has 1 aromatic heterocycles. The van der Waals surface area contributed by atoms with Crippen LogP contribution in [-0.2, 0) is 9.05 Å². The van der Waals surface area contributed by atoms with Crippen LogP contribution in [0.15, 0.2) is 23.4 Å². The number of methoxy groups -OCH3 is 1. The lowest BCUT2D eigenvalue weighted by atomic mass is 10.3. The minimum Gasteiger partial charge on any atom is -0.497 e. The van der Waals surface area contributed by atoms with Gasteiger partial charge in [-0.1, -0.05) is 0 Å². The Morgan fingerprint density at radius 2 is 2.20 bits per heavy atom. The van der Waals surface area contributed by atoms with Gasteiger partial charge < -0.3 is 9.72 Å². The molecule has 7 heteroatoms. The third-order valence-electron chi connectivity index (χ3n) is 1.90. The molecule has 15 heavy (non-hydrogen) atoms. The molecule has 1 heterocycles. The molecule has 80 valence electrons. The number of aromatic nitrogens is 2. The second kappa shape index (κ2) is 3.39. The van der Waals surface area contributed by atoms with E-state index in [9.17, 15) is 8.42 Å². The molecule has 0 aliphatic heterocycles. The zero-order valence-electron chi connectivity index (χ0n) is 7.69. The third-order valence-corrected chi connectivity index (χ3v) is 2.99. The Labute approximate surface area is 90.5 Å². The van der Waals surface area contributed by atoms with Gasteiger partial charge in [-0.05, 0) is 12.1 Å². The Kier molecular flexibility index (Phi) is 2.32. The summed E-state index contributed by atoms with van der Waals surface area (Å²) in [6.45, 7) is 0. The number of imidazole rings is 1. The van der Waals surface area contributed by atoms with Crippen molar-refractivity contribution < 1.29 is 13.2 Å². The summed E-state index contributed by atoms with van der Waals surface area (Å²) in [5.74, 6) is 0.615. The molecule has 0 unspecified atom stereocenters. The molecule has 0 aliphatic rings. The molecular weight excluding hydrogens is 240 g/mol. The van der Waals surface area contributed by atoms with E-state index >= 15 is 0 Å². The minimum absolute atomic E-state index is 0.257. The Balaban J connectivity index is 2.66. The number of nitrogens with zero attached hydrogens (tertiary/aromatic N) is 1. The fraction of sp³-hybridized carbons (Fsp3) is 0.125. The van der Waals surface area contributed by atoms with Gasteiger partial charge in [0.1, 0.15) is 5.75 Å². The largest absolute Gasteiger partial charge is 0.497 e. The van der Waals surface area contributed by atoms with Crippen LogP contribution in [0, 0.1) is 0 Å². The number of nitrogens with one attached hydrogen (secondary N) is 1. The first-order valence-corrected chi connectivity index (χ1v) is 6.30. The monoisotopic (exact) mass is 246 g/mol. The predicted octanol–water partition coefficient (Wildman–Crippen LogP) is 1.50. The highest BCUT2D eigenvalue weighted by molar-refractivity contribution is 8.13. The highest BCUT2D eigenvalue weighted by atomic mass is 35.7. The number of fused-ring (bicyclic) bond motifs is 1. The van der Waals surface area contributed by atoms with Crippen LogP contribution in [0.2, 0.25) is 0 Å². The molecule has 2 aromatic rings. The van der Waals surface area contributed by atoms with Crippen LogP contribution in [0.25, 0.3) is 11.0 Å². The van der Waals surface area contributed by atoms with E-state index in [1.54, 1.807) is 18.2 Å². The van der Waals surface area contributed by atoms with Crippen LogP contribution in [0.5, 0.6) is 5.75 Å². The summed E-state index contributed by atoms with van der Waals surface area (Å²) >= 11 is 0. The Bertz CT molecular complexity index is 605. The number of rotatable bonds is 2. The summed E-state index contributed by atoms with van der Waals surface area (Å²) in [4.78, 5) is 6.43. The van der Waals surface area contributed by atoms with Crippen molar-refractivity contribution in [1.29, 1.82) is 0 Å². The zero-order valence-corrected chi connectivity index (χ0v) is 9.26. The fourth-order valence-corrected chi connectivity index (χ4v) is 1.87. The van der Waals surface area contributed by atoms with E-state index in [2.05, 4.69) is 9.97 Å². The third kappa shape index (κ3) is 1.91. The number of aromatic amines is 1. The van der Waals surface area contributed by atoms with Gasteiger partial charge in [-0.2, -0.15) is 0 Å². The number of halogens is 1. The van der Waals surface area contributed by atoms with Gasteiger partial charge in [-0.25, -0.2) is 13.4 Å². The summed E-state index contributed by atoms with van der Waals surface area (Å²) in [5.41, 5.74) is 1.09. The quantitative estimate of drug-likeness (QED) is 0.815. The summed E-state index contributed by atoms with van der Waals surface area (Å²) in [6, 6.07) is 4.98. The lowest BCUT2D eigenvalue weighted by Gasteiger charge is -1.96. The second-order valence-corrected chi connectivity index (χ2v) is 5.34. The van der Waals surface area contributed by atoms with Gasteiger partial charge in [-0.3, -0.25) is 0 Å². The van der Waals surface area contributed by atoms with Crippen molar-refractivity contribution in [1.82, 2.24) is 9.97 Å². The van der Waals surface area contributed by atoms with Crippen LogP contribution >= 0.6 is 10.7 Å². The van der Waals surface area contributed by atoms with Gasteiger partial charge in [0.25, 0.3) is 9.05 Å². The maximum Gasteiger partial charge on any atom is 0.294 e. The molecular formula is C8H7ClN2O3S.